The Labute approximate surface area is 422 Å². The number of aliphatic hydroxyl groups excluding tert-OH is 3. The van der Waals surface area contributed by atoms with E-state index < -0.39 is 45.7 Å². The molecule has 4 aromatic rings. The summed E-state index contributed by atoms with van der Waals surface area (Å²) in [7, 11) is 0. The zero-order valence-corrected chi connectivity index (χ0v) is 40.3. The number of benzene rings is 4. The summed E-state index contributed by atoms with van der Waals surface area (Å²) in [5.41, 5.74) is 2.96. The number of non-ortho nitro benzene ring substituents is 2. The number of hydrogen-bond acceptors (Lipinski definition) is 16. The van der Waals surface area contributed by atoms with Crippen LogP contribution in [0.25, 0.3) is 0 Å². The highest BCUT2D eigenvalue weighted by molar-refractivity contribution is 6.03. The molecule has 7 rings (SSSR count). The minimum Gasteiger partial charge on any atom is -0.459 e. The lowest BCUT2D eigenvalue weighted by atomic mass is 9.55. The Hall–Kier alpha value is -7.23. The molecule has 1 fully saturated rings. The maximum atomic E-state index is 14.9. The summed E-state index contributed by atoms with van der Waals surface area (Å²) >= 11 is 0. The molecule has 1 heterocycles. The fourth-order valence-corrected chi connectivity index (χ4v) is 10.0. The molecule has 2 amide bonds. The average molecular weight is 1010 g/mol. The molecule has 388 valence electrons. The van der Waals surface area contributed by atoms with Gasteiger partial charge in [0, 0.05) is 68.5 Å². The number of ether oxygens (including phenoxy) is 5. The lowest BCUT2D eigenvalue weighted by Crippen LogP contribution is -2.70. The van der Waals surface area contributed by atoms with Crippen LogP contribution >= 0.6 is 0 Å². The molecule has 0 unspecified atom stereocenters. The first-order valence-corrected chi connectivity index (χ1v) is 24.3. The predicted molar refractivity (Wildman–Crippen MR) is 266 cm³/mol. The van der Waals surface area contributed by atoms with Crippen molar-refractivity contribution >= 4 is 29.3 Å². The Bertz CT molecular complexity index is 2580. The number of rotatable bonds is 26. The van der Waals surface area contributed by atoms with Crippen LogP contribution in [-0.2, 0) is 27.5 Å². The van der Waals surface area contributed by atoms with Crippen molar-refractivity contribution in [3.8, 4) is 17.2 Å². The number of nitrogens with one attached hydrogen (secondary N) is 1. The van der Waals surface area contributed by atoms with E-state index in [4.69, 9.17) is 33.7 Å². The van der Waals surface area contributed by atoms with Crippen molar-refractivity contribution in [2.45, 2.75) is 75.8 Å². The zero-order valence-electron chi connectivity index (χ0n) is 40.3. The summed E-state index contributed by atoms with van der Waals surface area (Å²) in [6.45, 7) is 3.47. The summed E-state index contributed by atoms with van der Waals surface area (Å²) in [4.78, 5) is 57.7. The van der Waals surface area contributed by atoms with Crippen molar-refractivity contribution in [3.05, 3.63) is 158 Å². The highest BCUT2D eigenvalue weighted by Crippen LogP contribution is 2.62. The van der Waals surface area contributed by atoms with Gasteiger partial charge in [-0.25, -0.2) is 9.59 Å². The maximum absolute atomic E-state index is 14.9. The van der Waals surface area contributed by atoms with Gasteiger partial charge in [-0.1, -0.05) is 60.5 Å². The van der Waals surface area contributed by atoms with E-state index in [-0.39, 0.29) is 100 Å². The van der Waals surface area contributed by atoms with Crippen LogP contribution in [0, 0.1) is 38.0 Å². The van der Waals surface area contributed by atoms with Crippen molar-refractivity contribution in [1.29, 1.82) is 0 Å². The molecule has 0 radical (unpaired) electrons. The smallest absolute Gasteiger partial charge is 0.415 e. The minimum atomic E-state index is -1.75. The van der Waals surface area contributed by atoms with Gasteiger partial charge in [0.05, 0.1) is 47.9 Å². The van der Waals surface area contributed by atoms with E-state index in [1.165, 1.54) is 41.3 Å². The molecular formula is C53H61N5O15. The molecule has 20 heteroatoms. The molecule has 0 aromatic heterocycles. The molecule has 4 N–H and O–H groups in total. The Balaban J connectivity index is 1.40. The monoisotopic (exact) mass is 1010 g/mol. The number of nitrogens with zero attached hydrogens (tertiary/aromatic N) is 4. The number of aliphatic hydroxyl groups is 3. The molecule has 0 spiro atoms. The van der Waals surface area contributed by atoms with E-state index in [2.05, 4.69) is 18.0 Å². The first-order chi connectivity index (χ1) is 35.5. The van der Waals surface area contributed by atoms with Gasteiger partial charge in [-0.3, -0.25) is 25.1 Å². The van der Waals surface area contributed by atoms with E-state index in [1.54, 1.807) is 36.4 Å². The van der Waals surface area contributed by atoms with Gasteiger partial charge < -0.3 is 49.2 Å². The average Bonchev–Trinajstić information content (AvgIpc) is 3.39. The van der Waals surface area contributed by atoms with Gasteiger partial charge in [-0.15, -0.1) is 6.58 Å². The van der Waals surface area contributed by atoms with E-state index >= 15 is 0 Å². The number of unbranched alkanes of at least 4 members (excludes halogenated alkanes) is 2. The summed E-state index contributed by atoms with van der Waals surface area (Å²) in [5.74, 6) is -2.76. The lowest BCUT2D eigenvalue weighted by molar-refractivity contribution is -0.385. The Kier molecular flexibility index (Phi) is 19.0. The number of amides is 2. The van der Waals surface area contributed by atoms with Crippen LogP contribution in [0.3, 0.4) is 0 Å². The molecule has 2 aliphatic carbocycles. The number of fused-ring (bicyclic) bond motifs is 2. The second kappa shape index (κ2) is 25.9. The zero-order chi connectivity index (χ0) is 51.7. The minimum absolute atomic E-state index is 0.00850. The quantitative estimate of drug-likeness (QED) is 0.0200. The van der Waals surface area contributed by atoms with Crippen LogP contribution in [0.15, 0.2) is 127 Å². The molecule has 0 saturated heterocycles. The van der Waals surface area contributed by atoms with Gasteiger partial charge in [-0.2, -0.15) is 0 Å². The van der Waals surface area contributed by atoms with Crippen LogP contribution in [0.1, 0.15) is 67.6 Å². The molecule has 4 aromatic carbocycles. The summed E-state index contributed by atoms with van der Waals surface area (Å²) in [6.07, 6.45) is 5.72. The van der Waals surface area contributed by atoms with Gasteiger partial charge in [0.15, 0.2) is 0 Å². The van der Waals surface area contributed by atoms with Crippen molar-refractivity contribution in [1.82, 2.24) is 10.2 Å². The van der Waals surface area contributed by atoms with E-state index in [9.17, 15) is 45.1 Å². The molecule has 3 aliphatic rings. The lowest BCUT2D eigenvalue weighted by Gasteiger charge is -2.59. The molecule has 1 saturated carbocycles. The van der Waals surface area contributed by atoms with Gasteiger partial charge in [0.1, 0.15) is 29.9 Å². The highest BCUT2D eigenvalue weighted by Gasteiger charge is 2.65. The molecular weight excluding hydrogens is 947 g/mol. The van der Waals surface area contributed by atoms with Crippen molar-refractivity contribution < 1.29 is 63.3 Å². The normalized spacial score (nSPS) is 21.1. The second-order valence-corrected chi connectivity index (χ2v) is 17.8. The van der Waals surface area contributed by atoms with Gasteiger partial charge in [0.25, 0.3) is 11.4 Å². The second-order valence-electron chi connectivity index (χ2n) is 17.8. The first kappa shape index (κ1) is 53.6. The molecule has 0 bridgehead atoms. The van der Waals surface area contributed by atoms with Crippen molar-refractivity contribution in [2.75, 3.05) is 46.2 Å². The standard InChI is InChI=1S/C53H61N5O15/c1-2-28-69-53-48(56(24-29-68-30-27-61)52(63)72-41-20-18-40(19-21-41)58(66)67)33-46(55-70-35-37-14-16-39(17-15-37)57(64)65)44-31-38(12-6-8-25-59)43(13-7-9-26-60)49(50(44)53)45-32-42(22-23-47(45)73-53)71-51(62)54-34-36-10-4-3-5-11-36/h2-5,10-11,14-23,31-32,38,43,48-50,59-61H,1,6-9,12-13,24-30,33-35H2,(H,54,62)/t38-,43+,48-,49+,50+,53+/m0/s1. The van der Waals surface area contributed by atoms with Gasteiger partial charge in [0.2, 0.25) is 5.79 Å². The number of oxime groups is 1. The van der Waals surface area contributed by atoms with E-state index in [0.29, 0.717) is 66.7 Å². The number of allylic oxidation sites excluding steroid dienone is 1. The van der Waals surface area contributed by atoms with Gasteiger partial charge in [-0.05, 0) is 96.7 Å². The van der Waals surface area contributed by atoms with Crippen LogP contribution in [0.2, 0.25) is 0 Å². The third-order valence-electron chi connectivity index (χ3n) is 13.3. The Morgan fingerprint density at radius 1 is 0.836 bits per heavy atom. The third-order valence-corrected chi connectivity index (χ3v) is 13.3. The topological polar surface area (TPSA) is 264 Å². The summed E-state index contributed by atoms with van der Waals surface area (Å²) < 4.78 is 31.9. The van der Waals surface area contributed by atoms with Crippen LogP contribution < -0.4 is 19.5 Å². The van der Waals surface area contributed by atoms with Crippen LogP contribution in [0.5, 0.6) is 17.2 Å². The third kappa shape index (κ3) is 13.3. The number of carbonyl (C=O) groups excluding carboxylic acids is 2. The fourth-order valence-electron chi connectivity index (χ4n) is 10.0. The number of hydrogen-bond donors (Lipinski definition) is 4. The Morgan fingerprint density at radius 2 is 1.52 bits per heavy atom. The number of nitro benzene ring substituents is 2. The first-order valence-electron chi connectivity index (χ1n) is 24.3. The molecule has 6 atom stereocenters. The maximum Gasteiger partial charge on any atom is 0.415 e. The number of nitro groups is 2. The molecule has 20 nitrogen and oxygen atoms in total. The highest BCUT2D eigenvalue weighted by atomic mass is 16.7. The largest absolute Gasteiger partial charge is 0.459 e. The van der Waals surface area contributed by atoms with Crippen molar-refractivity contribution in [2.24, 2.45) is 22.9 Å². The van der Waals surface area contributed by atoms with E-state index in [0.717, 1.165) is 5.56 Å². The van der Waals surface area contributed by atoms with E-state index in [1.807, 2.05) is 30.3 Å². The SMILES string of the molecule is C=CCO[C@@]12Oc3ccc(OC(=O)NCc4ccccc4)cc3[C@H]3[C@H](CCCCO)[C@@H](CCCCO)C=C(C(=NOCc4ccc([N+](=O)[O-])cc4)C[C@@H]1N(CCOCCO)C(=O)Oc1ccc([N+](=O)[O-])cc1)[C@H]32. The summed E-state index contributed by atoms with van der Waals surface area (Å²) in [5, 5.41) is 60.2. The van der Waals surface area contributed by atoms with Crippen LogP contribution in [0.4, 0.5) is 21.0 Å². The molecule has 1 aliphatic heterocycles. The fraction of sp³-hybridized carbons (Fsp3) is 0.415. The number of carbonyl (C=O) groups is 2. The Morgan fingerprint density at radius 3 is 2.19 bits per heavy atom. The van der Waals surface area contributed by atoms with Gasteiger partial charge >= 0.3 is 12.2 Å². The predicted octanol–water partition coefficient (Wildman–Crippen LogP) is 8.14. The van der Waals surface area contributed by atoms with Crippen LogP contribution in [-0.4, -0.2) is 106 Å². The van der Waals surface area contributed by atoms with Crippen molar-refractivity contribution in [3.63, 3.8) is 0 Å². The molecule has 73 heavy (non-hydrogen) atoms. The summed E-state index contributed by atoms with van der Waals surface area (Å²) in [6, 6.07) is 24.3.